The normalized spacial score (nSPS) is 11.3. The van der Waals surface area contributed by atoms with Crippen molar-refractivity contribution in [1.29, 1.82) is 0 Å². The van der Waals surface area contributed by atoms with Gasteiger partial charge in [-0.2, -0.15) is 0 Å². The number of hydrogen-bond acceptors (Lipinski definition) is 2. The smallest absolute Gasteiger partial charge is 0.138 e. The van der Waals surface area contributed by atoms with Crippen LogP contribution in [0.2, 0.25) is 0 Å². The van der Waals surface area contributed by atoms with Gasteiger partial charge in [0.25, 0.3) is 0 Å². The summed E-state index contributed by atoms with van der Waals surface area (Å²) in [5.74, 6) is -1.79. The number of carbonyl (C=O) groups excluding carboxylic acids is 2. The molecule has 0 saturated heterocycles. The standard InChI is InChI=1S/C5H9NO2.Y/c1-3(4(2)7)5(6)8;/h3H,1-2H3,(H2,6,8);/p-1. The molecule has 0 aromatic heterocycles. The summed E-state index contributed by atoms with van der Waals surface area (Å²) in [6.07, 6.45) is 0. The third-order valence-electron chi connectivity index (χ3n) is 1.00. The molecule has 1 atom stereocenters. The predicted molar refractivity (Wildman–Crippen MR) is 29.2 cm³/mol. The van der Waals surface area contributed by atoms with E-state index in [0.717, 1.165) is 0 Å². The van der Waals surface area contributed by atoms with Crippen molar-refractivity contribution in [1.82, 2.24) is 0 Å². The molecule has 49 valence electrons. The molecule has 0 aliphatic heterocycles. The molecule has 0 spiro atoms. The van der Waals surface area contributed by atoms with Gasteiger partial charge in [0.15, 0.2) is 0 Å². The van der Waals surface area contributed by atoms with Gasteiger partial charge in [-0.1, -0.05) is 6.92 Å². The fourth-order valence-corrected chi connectivity index (χ4v) is 0.185. The van der Waals surface area contributed by atoms with Gasteiger partial charge < -0.3 is 10.5 Å². The largest absolute Gasteiger partial charge is 0.667 e. The van der Waals surface area contributed by atoms with Crippen LogP contribution in [0.3, 0.4) is 0 Å². The number of rotatable bonds is 2. The fraction of sp³-hybridized carbons (Fsp3) is 0.600. The first-order chi connectivity index (χ1) is 3.55. The van der Waals surface area contributed by atoms with E-state index in [4.69, 9.17) is 5.73 Å². The molecule has 0 saturated carbocycles. The van der Waals surface area contributed by atoms with E-state index in [2.05, 4.69) is 0 Å². The summed E-state index contributed by atoms with van der Waals surface area (Å²) in [6, 6.07) is 0. The molecule has 9 heavy (non-hydrogen) atoms. The minimum Gasteiger partial charge on any atom is -0.667 e. The van der Waals surface area contributed by atoms with Gasteiger partial charge in [0.05, 0.1) is 11.8 Å². The molecule has 0 aliphatic carbocycles. The molecule has 3 nitrogen and oxygen atoms in total. The Balaban J connectivity index is 0. The maximum absolute atomic E-state index is 10.2. The molecule has 0 bridgehead atoms. The number of ketones is 1. The van der Waals surface area contributed by atoms with E-state index >= 15 is 0 Å². The summed E-state index contributed by atoms with van der Waals surface area (Å²) >= 11 is 0. The summed E-state index contributed by atoms with van der Waals surface area (Å²) < 4.78 is 0. The number of amides is 1. The zero-order chi connectivity index (χ0) is 6.73. The molecule has 0 aliphatic rings. The van der Waals surface area contributed by atoms with Crippen molar-refractivity contribution < 1.29 is 42.3 Å². The molecular formula is C5H8NO2Y-. The Labute approximate surface area is 79.2 Å². The van der Waals surface area contributed by atoms with Crippen LogP contribution in [0.1, 0.15) is 13.8 Å². The Bertz CT molecular complexity index is 110. The van der Waals surface area contributed by atoms with E-state index in [1.165, 1.54) is 13.8 Å². The van der Waals surface area contributed by atoms with E-state index in [9.17, 15) is 9.59 Å². The molecule has 0 aromatic rings. The van der Waals surface area contributed by atoms with Gasteiger partial charge in [-0.3, -0.25) is 4.79 Å². The van der Waals surface area contributed by atoms with E-state index in [1.807, 2.05) is 0 Å². The van der Waals surface area contributed by atoms with Gasteiger partial charge in [-0.15, -0.1) is 0 Å². The van der Waals surface area contributed by atoms with Crippen molar-refractivity contribution in [2.45, 2.75) is 13.8 Å². The molecule has 1 radical (unpaired) electrons. The van der Waals surface area contributed by atoms with Crippen LogP contribution in [-0.2, 0) is 42.3 Å². The van der Waals surface area contributed by atoms with Crippen molar-refractivity contribution in [2.75, 3.05) is 0 Å². The number of hydrogen-bond donors (Lipinski definition) is 0. The van der Waals surface area contributed by atoms with Crippen molar-refractivity contribution in [3.05, 3.63) is 5.73 Å². The van der Waals surface area contributed by atoms with E-state index in [-0.39, 0.29) is 38.5 Å². The first kappa shape index (κ1) is 12.0. The number of carbonyl (C=O) groups is 2. The van der Waals surface area contributed by atoms with Crippen LogP contribution in [0.15, 0.2) is 0 Å². The van der Waals surface area contributed by atoms with Crippen LogP contribution in [0.4, 0.5) is 0 Å². The van der Waals surface area contributed by atoms with Gasteiger partial charge >= 0.3 is 0 Å². The van der Waals surface area contributed by atoms with Gasteiger partial charge in [0, 0.05) is 32.7 Å². The maximum Gasteiger partial charge on any atom is 0.138 e. The third-order valence-corrected chi connectivity index (χ3v) is 1.00. The summed E-state index contributed by atoms with van der Waals surface area (Å²) in [5.41, 5.74) is 6.45. The second-order valence-corrected chi connectivity index (χ2v) is 1.70. The predicted octanol–water partition coefficient (Wildman–Crippen LogP) is 0.788. The molecule has 0 heterocycles. The monoisotopic (exact) mass is 203 g/mol. The summed E-state index contributed by atoms with van der Waals surface area (Å²) in [5, 5.41) is 0. The molecular weight excluding hydrogens is 195 g/mol. The van der Waals surface area contributed by atoms with Crippen molar-refractivity contribution in [3.8, 4) is 0 Å². The Morgan fingerprint density at radius 3 is 1.78 bits per heavy atom. The number of nitrogens with one attached hydrogen (secondary N) is 1. The minimum atomic E-state index is -0.808. The molecule has 1 amide bonds. The van der Waals surface area contributed by atoms with Crippen LogP contribution in [0, 0.1) is 5.92 Å². The molecule has 1 unspecified atom stereocenters. The fourth-order valence-electron chi connectivity index (χ4n) is 0.185. The van der Waals surface area contributed by atoms with Gasteiger partial charge in [0.2, 0.25) is 0 Å². The summed E-state index contributed by atoms with van der Waals surface area (Å²) in [6.45, 7) is 2.73. The zero-order valence-corrected chi connectivity index (χ0v) is 8.31. The summed E-state index contributed by atoms with van der Waals surface area (Å²) in [7, 11) is 0. The van der Waals surface area contributed by atoms with E-state index in [1.54, 1.807) is 0 Å². The quantitative estimate of drug-likeness (QED) is 0.622. The molecule has 4 heteroatoms. The summed E-state index contributed by atoms with van der Waals surface area (Å²) in [4.78, 5) is 20.3. The van der Waals surface area contributed by atoms with Crippen LogP contribution >= 0.6 is 0 Å². The second-order valence-electron chi connectivity index (χ2n) is 1.70. The van der Waals surface area contributed by atoms with Crippen molar-refractivity contribution >= 4 is 11.7 Å². The second kappa shape index (κ2) is 5.06. The zero-order valence-electron chi connectivity index (χ0n) is 5.47. The minimum absolute atomic E-state index is 0. The topological polar surface area (TPSA) is 57.9 Å². The Kier molecular flexibility index (Phi) is 6.73. The number of Topliss-reactive ketones (excluding diaryl/α,β-unsaturated/α-hetero) is 1. The first-order valence-electron chi connectivity index (χ1n) is 2.31. The Hall–Kier alpha value is 0.244. The van der Waals surface area contributed by atoms with Gasteiger partial charge in [-0.25, -0.2) is 0 Å². The maximum atomic E-state index is 10.2. The molecule has 0 rings (SSSR count). The first-order valence-corrected chi connectivity index (χ1v) is 2.31. The third kappa shape index (κ3) is 4.73. The SMILES string of the molecule is CC(=O)C(C)C([NH-])=O.[Y]. The van der Waals surface area contributed by atoms with Crippen LogP contribution < -0.4 is 0 Å². The van der Waals surface area contributed by atoms with Crippen molar-refractivity contribution in [2.24, 2.45) is 5.92 Å². The van der Waals surface area contributed by atoms with Gasteiger partial charge in [-0.05, 0) is 6.92 Å². The average molecular weight is 203 g/mol. The molecule has 1 N–H and O–H groups in total. The average Bonchev–Trinajstić information content (AvgIpc) is 1.64. The van der Waals surface area contributed by atoms with Crippen LogP contribution in [-0.4, -0.2) is 11.7 Å². The van der Waals surface area contributed by atoms with E-state index < -0.39 is 11.8 Å². The van der Waals surface area contributed by atoms with Crippen molar-refractivity contribution in [3.63, 3.8) is 0 Å². The van der Waals surface area contributed by atoms with E-state index in [0.29, 0.717) is 0 Å². The van der Waals surface area contributed by atoms with Crippen LogP contribution in [0.5, 0.6) is 0 Å². The Morgan fingerprint density at radius 1 is 1.44 bits per heavy atom. The van der Waals surface area contributed by atoms with Crippen LogP contribution in [0.25, 0.3) is 5.73 Å². The molecule has 0 fully saturated rings. The molecule has 0 aromatic carbocycles. The Morgan fingerprint density at radius 2 is 1.78 bits per heavy atom. The van der Waals surface area contributed by atoms with Gasteiger partial charge in [0.1, 0.15) is 5.78 Å².